The lowest BCUT2D eigenvalue weighted by Crippen LogP contribution is -2.19. The minimum atomic E-state index is -0.0410. The van der Waals surface area contributed by atoms with Crippen LogP contribution in [0.5, 0.6) is 0 Å². The molecule has 0 fully saturated rings. The number of pyridine rings is 2. The Morgan fingerprint density at radius 2 is 0.795 bits per heavy atom. The van der Waals surface area contributed by atoms with Gasteiger partial charge in [-0.3, -0.25) is 20.0 Å². The lowest BCUT2D eigenvalue weighted by atomic mass is 10.0. The van der Waals surface area contributed by atoms with E-state index in [4.69, 9.17) is 29.9 Å². The summed E-state index contributed by atoms with van der Waals surface area (Å²) in [5.41, 5.74) is 11.9. The molecule has 224 valence electrons. The SMILES string of the molecule is C/C1=N\C[C@H](Cc2ccc(C)cc2)/N=C(\C)c2cccc(n2)/C(C)=N/C[C@H](Cc2ccc(C)cc2)/N=C(\C)c2cccc1n2. The van der Waals surface area contributed by atoms with E-state index in [9.17, 15) is 0 Å². The first-order valence-corrected chi connectivity index (χ1v) is 15.4. The third kappa shape index (κ3) is 8.28. The molecule has 1 aliphatic rings. The molecular weight excluding hydrogens is 540 g/mol. The summed E-state index contributed by atoms with van der Waals surface area (Å²) in [6.07, 6.45) is 1.58. The summed E-state index contributed by atoms with van der Waals surface area (Å²) in [6.45, 7) is 13.4. The summed E-state index contributed by atoms with van der Waals surface area (Å²) in [5.74, 6) is 0. The second-order valence-electron chi connectivity index (χ2n) is 11.8. The van der Waals surface area contributed by atoms with Gasteiger partial charge in [0.05, 0.1) is 70.8 Å². The van der Waals surface area contributed by atoms with Crippen molar-refractivity contribution in [3.8, 4) is 0 Å². The van der Waals surface area contributed by atoms with Crippen molar-refractivity contribution in [2.45, 2.75) is 66.5 Å². The van der Waals surface area contributed by atoms with E-state index in [0.29, 0.717) is 13.1 Å². The van der Waals surface area contributed by atoms with Gasteiger partial charge in [0.25, 0.3) is 0 Å². The van der Waals surface area contributed by atoms with E-state index in [1.54, 1.807) is 0 Å². The Morgan fingerprint density at radius 1 is 0.455 bits per heavy atom. The van der Waals surface area contributed by atoms with Crippen LogP contribution in [0.4, 0.5) is 0 Å². The largest absolute Gasteiger partial charge is 0.286 e. The molecule has 1 aliphatic heterocycles. The number of aliphatic imine (C=N–C) groups is 4. The molecule has 0 radical (unpaired) electrons. The van der Waals surface area contributed by atoms with Gasteiger partial charge in [-0.1, -0.05) is 71.8 Å². The van der Waals surface area contributed by atoms with E-state index in [1.165, 1.54) is 22.3 Å². The zero-order chi connectivity index (χ0) is 31.1. The lowest BCUT2D eigenvalue weighted by molar-refractivity contribution is 0.680. The van der Waals surface area contributed by atoms with Crippen LogP contribution in [-0.2, 0) is 12.8 Å². The molecule has 4 bridgehead atoms. The Labute approximate surface area is 261 Å². The maximum Gasteiger partial charge on any atom is 0.0845 e. The van der Waals surface area contributed by atoms with Crippen LogP contribution < -0.4 is 0 Å². The Bertz CT molecular complexity index is 1580. The average Bonchev–Trinajstić information content (AvgIpc) is 3.04. The highest BCUT2D eigenvalue weighted by atomic mass is 14.9. The zero-order valence-corrected chi connectivity index (χ0v) is 26.7. The minimum Gasteiger partial charge on any atom is -0.286 e. The summed E-state index contributed by atoms with van der Waals surface area (Å²) >= 11 is 0. The lowest BCUT2D eigenvalue weighted by Gasteiger charge is -2.15. The number of aryl methyl sites for hydroxylation is 2. The second kappa shape index (κ2) is 14.3. The molecule has 2 aromatic heterocycles. The van der Waals surface area contributed by atoms with E-state index in [0.717, 1.165) is 58.5 Å². The van der Waals surface area contributed by atoms with E-state index in [1.807, 2.05) is 64.1 Å². The van der Waals surface area contributed by atoms with Crippen molar-refractivity contribution in [3.05, 3.63) is 130 Å². The zero-order valence-electron chi connectivity index (χ0n) is 26.7. The highest BCUT2D eigenvalue weighted by Crippen LogP contribution is 2.15. The number of fused-ring (bicyclic) bond motifs is 4. The normalized spacial score (nSPS) is 22.6. The van der Waals surface area contributed by atoms with Crippen LogP contribution in [0.15, 0.2) is 105 Å². The Morgan fingerprint density at radius 3 is 1.16 bits per heavy atom. The van der Waals surface area contributed by atoms with Crippen molar-refractivity contribution in [1.82, 2.24) is 9.97 Å². The molecule has 2 atom stereocenters. The van der Waals surface area contributed by atoms with Gasteiger partial charge in [-0.25, -0.2) is 9.97 Å². The van der Waals surface area contributed by atoms with Crippen molar-refractivity contribution in [2.75, 3.05) is 13.1 Å². The first kappa shape index (κ1) is 30.9. The number of rotatable bonds is 4. The molecule has 3 heterocycles. The molecule has 5 rings (SSSR count). The molecule has 0 aliphatic carbocycles. The third-order valence-corrected chi connectivity index (χ3v) is 8.00. The van der Waals surface area contributed by atoms with Crippen LogP contribution in [0.3, 0.4) is 0 Å². The fraction of sp³-hybridized carbons (Fsp3) is 0.316. The van der Waals surface area contributed by atoms with Gasteiger partial charge in [-0.05, 0) is 89.8 Å². The molecule has 0 spiro atoms. The number of aromatic nitrogens is 2. The van der Waals surface area contributed by atoms with Crippen LogP contribution in [0, 0.1) is 13.8 Å². The van der Waals surface area contributed by atoms with Gasteiger partial charge in [-0.2, -0.15) is 0 Å². The van der Waals surface area contributed by atoms with Crippen molar-refractivity contribution in [3.63, 3.8) is 0 Å². The van der Waals surface area contributed by atoms with Crippen LogP contribution in [0.2, 0.25) is 0 Å². The van der Waals surface area contributed by atoms with Crippen molar-refractivity contribution >= 4 is 22.8 Å². The van der Waals surface area contributed by atoms with Gasteiger partial charge in [0.1, 0.15) is 0 Å². The van der Waals surface area contributed by atoms with Gasteiger partial charge in [0.2, 0.25) is 0 Å². The van der Waals surface area contributed by atoms with Crippen molar-refractivity contribution in [1.29, 1.82) is 0 Å². The molecular formula is C38H42N6. The molecule has 0 saturated carbocycles. The quantitative estimate of drug-likeness (QED) is 0.254. The van der Waals surface area contributed by atoms with Crippen LogP contribution >= 0.6 is 0 Å². The number of benzene rings is 2. The summed E-state index contributed by atoms with van der Waals surface area (Å²) < 4.78 is 0. The Balaban J connectivity index is 1.55. The number of hydrogen-bond donors (Lipinski definition) is 0. The van der Waals surface area contributed by atoms with E-state index < -0.39 is 0 Å². The smallest absolute Gasteiger partial charge is 0.0845 e. The first-order chi connectivity index (χ1) is 21.2. The molecule has 2 aromatic carbocycles. The number of hydrogen-bond acceptors (Lipinski definition) is 6. The van der Waals surface area contributed by atoms with Gasteiger partial charge in [0, 0.05) is 0 Å². The molecule has 4 aromatic rings. The van der Waals surface area contributed by atoms with Gasteiger partial charge in [-0.15, -0.1) is 0 Å². The molecule has 6 heteroatoms. The molecule has 0 N–H and O–H groups in total. The molecule has 0 amide bonds. The average molecular weight is 583 g/mol. The molecule has 0 saturated heterocycles. The second-order valence-corrected chi connectivity index (χ2v) is 11.8. The van der Waals surface area contributed by atoms with Gasteiger partial charge in [0.15, 0.2) is 0 Å². The fourth-order valence-corrected chi connectivity index (χ4v) is 5.30. The summed E-state index contributed by atoms with van der Waals surface area (Å²) in [5, 5.41) is 0. The Kier molecular flexibility index (Phi) is 10.0. The van der Waals surface area contributed by atoms with Crippen LogP contribution in [0.25, 0.3) is 0 Å². The van der Waals surface area contributed by atoms with Gasteiger partial charge >= 0.3 is 0 Å². The van der Waals surface area contributed by atoms with Crippen molar-refractivity contribution in [2.24, 2.45) is 20.0 Å². The standard InChI is InChI=1S/C38H42N6/c1-25-13-17-31(18-14-25)21-33-23-39-27(3)35-9-8-12-38(44-35)30(6)42-34(22-32-19-15-26(2)16-20-32)24-40-28(4)36-10-7-11-37(43-36)29(5)41-33/h7-20,33-34H,21-24H2,1-6H3/b39-27+,40-28+,41-29+,42-30+/t33-,34-/m0/s1. The van der Waals surface area contributed by atoms with Crippen molar-refractivity contribution < 1.29 is 0 Å². The Hall–Kier alpha value is -4.58. The highest BCUT2D eigenvalue weighted by Gasteiger charge is 2.15. The molecule has 44 heavy (non-hydrogen) atoms. The molecule has 6 nitrogen and oxygen atoms in total. The highest BCUT2D eigenvalue weighted by molar-refractivity contribution is 6.02. The first-order valence-electron chi connectivity index (χ1n) is 15.4. The predicted molar refractivity (Wildman–Crippen MR) is 184 cm³/mol. The summed E-state index contributed by atoms with van der Waals surface area (Å²) in [7, 11) is 0. The monoisotopic (exact) mass is 582 g/mol. The fourth-order valence-electron chi connectivity index (χ4n) is 5.30. The summed E-state index contributed by atoms with van der Waals surface area (Å²) in [4.78, 5) is 30.3. The predicted octanol–water partition coefficient (Wildman–Crippen LogP) is 7.27. The topological polar surface area (TPSA) is 75.2 Å². The number of nitrogens with zero attached hydrogens (tertiary/aromatic N) is 6. The van der Waals surface area contributed by atoms with Crippen LogP contribution in [-0.4, -0.2) is 58.0 Å². The molecule has 0 unspecified atom stereocenters. The van der Waals surface area contributed by atoms with E-state index in [2.05, 4.69) is 62.4 Å². The summed E-state index contributed by atoms with van der Waals surface area (Å²) in [6, 6.07) is 29.4. The van der Waals surface area contributed by atoms with Crippen LogP contribution in [0.1, 0.15) is 72.7 Å². The third-order valence-electron chi connectivity index (χ3n) is 8.00. The van der Waals surface area contributed by atoms with E-state index >= 15 is 0 Å². The maximum absolute atomic E-state index is 5.17. The minimum absolute atomic E-state index is 0.0410. The van der Waals surface area contributed by atoms with Gasteiger partial charge < -0.3 is 0 Å². The van der Waals surface area contributed by atoms with E-state index in [-0.39, 0.29) is 12.1 Å². The maximum atomic E-state index is 5.17.